The third-order valence-corrected chi connectivity index (χ3v) is 1.76. The summed E-state index contributed by atoms with van der Waals surface area (Å²) >= 11 is 0. The van der Waals surface area contributed by atoms with Gasteiger partial charge in [0.25, 0.3) is 0 Å². The third-order valence-electron chi connectivity index (χ3n) is 1.76. The second kappa shape index (κ2) is 3.41. The predicted octanol–water partition coefficient (Wildman–Crippen LogP) is 2.09. The first kappa shape index (κ1) is 8.62. The van der Waals surface area contributed by atoms with Gasteiger partial charge >= 0.3 is 0 Å². The van der Waals surface area contributed by atoms with Crippen molar-refractivity contribution in [1.82, 2.24) is 10.2 Å². The molecule has 0 radical (unpaired) electrons. The van der Waals surface area contributed by atoms with Gasteiger partial charge in [-0.2, -0.15) is 0 Å². The molecule has 0 fully saturated rings. The number of nitrogens with one attached hydrogen (secondary N) is 1. The van der Waals surface area contributed by atoms with Crippen LogP contribution in [0.3, 0.4) is 0 Å². The molecule has 3 N–H and O–H groups in total. The fourth-order valence-corrected chi connectivity index (χ4v) is 1.14. The largest absolute Gasteiger partial charge is 0.437 e. The Morgan fingerprint density at radius 2 is 2.21 bits per heavy atom. The minimum absolute atomic E-state index is 0.549. The molecule has 1 aromatic carbocycles. The summed E-state index contributed by atoms with van der Waals surface area (Å²) in [5, 5.41) is 6.75. The number of nitrogens with zero attached hydrogens (tertiary/aromatic N) is 1. The van der Waals surface area contributed by atoms with Crippen molar-refractivity contribution in [3.8, 4) is 11.6 Å². The Kier molecular flexibility index (Phi) is 2.10. The molecule has 0 saturated heterocycles. The number of ether oxygens (including phenoxy) is 1. The van der Waals surface area contributed by atoms with E-state index >= 15 is 0 Å². The number of aromatic nitrogens is 2. The second-order valence-electron chi connectivity index (χ2n) is 3.06. The molecule has 1 heterocycles. The number of hydrogen-bond acceptors (Lipinski definition) is 3. The van der Waals surface area contributed by atoms with Gasteiger partial charge < -0.3 is 10.5 Å². The molecule has 0 aliphatic heterocycles. The number of nitrogen functional groups attached to an aromatic ring is 1. The van der Waals surface area contributed by atoms with Crippen LogP contribution in [-0.4, -0.2) is 10.2 Å². The van der Waals surface area contributed by atoms with Crippen LogP contribution in [-0.2, 0) is 0 Å². The molecular weight excluding hydrogens is 178 g/mol. The molecule has 0 atom stereocenters. The first-order chi connectivity index (χ1) is 6.74. The maximum absolute atomic E-state index is 5.61. The summed E-state index contributed by atoms with van der Waals surface area (Å²) in [4.78, 5) is 0. The van der Waals surface area contributed by atoms with E-state index in [1.54, 1.807) is 6.07 Å². The molecule has 2 aromatic rings. The summed E-state index contributed by atoms with van der Waals surface area (Å²) in [6, 6.07) is 9.06. The van der Waals surface area contributed by atoms with Crippen molar-refractivity contribution in [2.24, 2.45) is 0 Å². The molecule has 1 aromatic heterocycles. The van der Waals surface area contributed by atoms with Crippen LogP contribution in [0.25, 0.3) is 0 Å². The summed E-state index contributed by atoms with van der Waals surface area (Å²) in [6.07, 6.45) is 0. The number of benzene rings is 1. The van der Waals surface area contributed by atoms with Crippen LogP contribution in [0.1, 0.15) is 5.69 Å². The first-order valence-corrected chi connectivity index (χ1v) is 4.29. The number of rotatable bonds is 2. The number of aryl methyl sites for hydroxylation is 1. The highest BCUT2D eigenvalue weighted by atomic mass is 16.5. The summed E-state index contributed by atoms with van der Waals surface area (Å²) < 4.78 is 5.46. The van der Waals surface area contributed by atoms with Gasteiger partial charge in [-0.25, -0.2) is 0 Å². The quantitative estimate of drug-likeness (QED) is 0.711. The fraction of sp³-hybridized carbons (Fsp3) is 0.100. The summed E-state index contributed by atoms with van der Waals surface area (Å²) in [5.41, 5.74) is 7.25. The molecular formula is C10H11N3O. The average molecular weight is 189 g/mol. The maximum Gasteiger partial charge on any atom is 0.238 e. The van der Waals surface area contributed by atoms with Crippen molar-refractivity contribution in [3.63, 3.8) is 0 Å². The highest BCUT2D eigenvalue weighted by molar-refractivity contribution is 5.44. The lowest BCUT2D eigenvalue weighted by molar-refractivity contribution is 0.462. The minimum atomic E-state index is 0.549. The highest BCUT2D eigenvalue weighted by Crippen LogP contribution is 2.21. The molecule has 72 valence electrons. The molecule has 0 spiro atoms. The van der Waals surface area contributed by atoms with Crippen LogP contribution in [0, 0.1) is 6.92 Å². The Bertz CT molecular complexity index is 436. The monoisotopic (exact) mass is 189 g/mol. The number of aromatic amines is 1. The van der Waals surface area contributed by atoms with Crippen LogP contribution in [0.5, 0.6) is 11.6 Å². The molecule has 0 unspecified atom stereocenters. The van der Waals surface area contributed by atoms with Crippen molar-refractivity contribution in [2.75, 3.05) is 5.73 Å². The fourth-order valence-electron chi connectivity index (χ4n) is 1.14. The van der Waals surface area contributed by atoms with Gasteiger partial charge in [-0.15, -0.1) is 5.10 Å². The summed E-state index contributed by atoms with van der Waals surface area (Å²) in [5.74, 6) is 1.24. The van der Waals surface area contributed by atoms with Crippen molar-refractivity contribution in [2.45, 2.75) is 6.92 Å². The van der Waals surface area contributed by atoms with Crippen LogP contribution in [0.15, 0.2) is 30.3 Å². The first-order valence-electron chi connectivity index (χ1n) is 4.29. The van der Waals surface area contributed by atoms with Gasteiger partial charge in [0.2, 0.25) is 5.88 Å². The zero-order valence-corrected chi connectivity index (χ0v) is 7.82. The van der Waals surface area contributed by atoms with E-state index in [1.807, 2.05) is 31.2 Å². The zero-order chi connectivity index (χ0) is 9.97. The Morgan fingerprint density at radius 3 is 2.86 bits per heavy atom. The topological polar surface area (TPSA) is 63.9 Å². The van der Waals surface area contributed by atoms with Gasteiger partial charge in [-0.05, 0) is 19.1 Å². The number of nitrogens with two attached hydrogens (primary N) is 1. The Hall–Kier alpha value is -1.97. The predicted molar refractivity (Wildman–Crippen MR) is 54.3 cm³/mol. The van der Waals surface area contributed by atoms with Gasteiger partial charge in [0, 0.05) is 23.5 Å². The number of anilines is 1. The SMILES string of the molecule is Cc1cc(Oc2cccc(N)c2)n[nH]1. The Morgan fingerprint density at radius 1 is 1.36 bits per heavy atom. The molecule has 0 saturated carbocycles. The van der Waals surface area contributed by atoms with Gasteiger partial charge in [0.05, 0.1) is 0 Å². The summed E-state index contributed by atoms with van der Waals surface area (Å²) in [7, 11) is 0. The van der Waals surface area contributed by atoms with Gasteiger partial charge in [0.1, 0.15) is 5.75 Å². The van der Waals surface area contributed by atoms with Gasteiger partial charge in [-0.1, -0.05) is 6.07 Å². The van der Waals surface area contributed by atoms with Crippen molar-refractivity contribution in [1.29, 1.82) is 0 Å². The van der Waals surface area contributed by atoms with Crippen LogP contribution in [0.2, 0.25) is 0 Å². The molecule has 4 nitrogen and oxygen atoms in total. The molecule has 0 aliphatic rings. The van der Waals surface area contributed by atoms with E-state index in [1.165, 1.54) is 0 Å². The van der Waals surface area contributed by atoms with Crippen LogP contribution in [0.4, 0.5) is 5.69 Å². The molecule has 0 aliphatic carbocycles. The van der Waals surface area contributed by atoms with E-state index in [4.69, 9.17) is 10.5 Å². The normalized spacial score (nSPS) is 10.1. The van der Waals surface area contributed by atoms with E-state index in [2.05, 4.69) is 10.2 Å². The minimum Gasteiger partial charge on any atom is -0.437 e. The lowest BCUT2D eigenvalue weighted by Crippen LogP contribution is -1.87. The molecule has 14 heavy (non-hydrogen) atoms. The highest BCUT2D eigenvalue weighted by Gasteiger charge is 2.00. The number of hydrogen-bond donors (Lipinski definition) is 2. The Balaban J connectivity index is 2.18. The maximum atomic E-state index is 5.61. The van der Waals surface area contributed by atoms with Gasteiger partial charge in [0.15, 0.2) is 0 Å². The molecule has 2 rings (SSSR count). The Labute approximate surface area is 81.7 Å². The van der Waals surface area contributed by atoms with E-state index in [9.17, 15) is 0 Å². The second-order valence-corrected chi connectivity index (χ2v) is 3.06. The molecule has 4 heteroatoms. The summed E-state index contributed by atoms with van der Waals surface area (Å²) in [6.45, 7) is 1.92. The zero-order valence-electron chi connectivity index (χ0n) is 7.82. The van der Waals surface area contributed by atoms with Crippen LogP contribution < -0.4 is 10.5 Å². The van der Waals surface area contributed by atoms with E-state index in [-0.39, 0.29) is 0 Å². The van der Waals surface area contributed by atoms with E-state index in [0.29, 0.717) is 17.3 Å². The van der Waals surface area contributed by atoms with Gasteiger partial charge in [-0.3, -0.25) is 5.10 Å². The van der Waals surface area contributed by atoms with Crippen LogP contribution >= 0.6 is 0 Å². The van der Waals surface area contributed by atoms with E-state index < -0.39 is 0 Å². The molecule has 0 amide bonds. The van der Waals surface area contributed by atoms with Crippen molar-refractivity contribution >= 4 is 5.69 Å². The lowest BCUT2D eigenvalue weighted by atomic mass is 10.3. The number of H-pyrrole nitrogens is 1. The van der Waals surface area contributed by atoms with Crippen molar-refractivity contribution in [3.05, 3.63) is 36.0 Å². The standard InChI is InChI=1S/C10H11N3O/c1-7-5-10(13-12-7)14-9-4-2-3-8(11)6-9/h2-6H,11H2,1H3,(H,12,13). The smallest absolute Gasteiger partial charge is 0.238 e. The van der Waals surface area contributed by atoms with E-state index in [0.717, 1.165) is 5.69 Å². The molecule has 0 bridgehead atoms. The third kappa shape index (κ3) is 1.85. The van der Waals surface area contributed by atoms with Crippen molar-refractivity contribution < 1.29 is 4.74 Å². The average Bonchev–Trinajstić information content (AvgIpc) is 2.51. The lowest BCUT2D eigenvalue weighted by Gasteiger charge is -2.01.